The number of alkyl halides is 3. The molecule has 3 aromatic carbocycles. The number of aliphatic carboxylic acids is 2. The number of halogens is 3. The number of imide groups is 1. The highest BCUT2D eigenvalue weighted by atomic mass is 19.4. The number of carboxylic acid groups (broad SMARTS) is 2. The number of aryl methyl sites for hydroxylation is 2. The van der Waals surface area contributed by atoms with E-state index in [1.54, 1.807) is 54.6 Å². The maximum atomic E-state index is 12.4. The molecule has 3 aromatic rings. The van der Waals surface area contributed by atoms with E-state index in [4.69, 9.17) is 26.5 Å². The molecule has 4 rings (SSSR count). The number of hydrogen-bond donors (Lipinski definition) is 5. The van der Waals surface area contributed by atoms with Crippen LogP contribution in [0.1, 0.15) is 43.8 Å². The van der Waals surface area contributed by atoms with Crippen molar-refractivity contribution in [2.75, 3.05) is 11.4 Å². The summed E-state index contributed by atoms with van der Waals surface area (Å²) < 4.78 is 31.7. The van der Waals surface area contributed by atoms with E-state index in [-0.39, 0.29) is 12.5 Å². The van der Waals surface area contributed by atoms with Gasteiger partial charge in [-0.05, 0) is 72.4 Å². The van der Waals surface area contributed by atoms with Crippen molar-refractivity contribution in [3.05, 3.63) is 101 Å². The Morgan fingerprint density at radius 2 is 1.47 bits per heavy atom. The minimum absolute atomic E-state index is 0.249. The van der Waals surface area contributed by atoms with E-state index < -0.39 is 36.6 Å². The zero-order valence-corrected chi connectivity index (χ0v) is 22.6. The van der Waals surface area contributed by atoms with Crippen molar-refractivity contribution in [3.8, 4) is 0 Å². The third-order valence-electron chi connectivity index (χ3n) is 5.88. The largest absolute Gasteiger partial charge is 0.490 e. The van der Waals surface area contributed by atoms with Crippen LogP contribution in [-0.4, -0.2) is 52.7 Å². The molecule has 1 aliphatic rings. The first kappa shape index (κ1) is 34.0. The molecular weight excluding hydrogens is 573 g/mol. The van der Waals surface area contributed by atoms with Gasteiger partial charge in [0.15, 0.2) is 0 Å². The molecule has 0 fully saturated rings. The van der Waals surface area contributed by atoms with E-state index in [0.29, 0.717) is 16.8 Å². The molecular formula is C29H29F3N4O7. The average Bonchev–Trinajstić information content (AvgIpc) is 3.44. The van der Waals surface area contributed by atoms with E-state index in [2.05, 4.69) is 5.32 Å². The third kappa shape index (κ3) is 10.9. The van der Waals surface area contributed by atoms with Crippen LogP contribution < -0.4 is 21.7 Å². The number of amides is 4. The molecule has 0 saturated heterocycles. The van der Waals surface area contributed by atoms with Crippen LogP contribution in [0.5, 0.6) is 0 Å². The van der Waals surface area contributed by atoms with Crippen molar-refractivity contribution in [1.82, 2.24) is 5.32 Å². The highest BCUT2D eigenvalue weighted by Crippen LogP contribution is 2.22. The monoisotopic (exact) mass is 602 g/mol. The summed E-state index contributed by atoms with van der Waals surface area (Å²) in [6, 6.07) is 19.7. The molecule has 4 amide bonds. The number of primary amides is 1. The Morgan fingerprint density at radius 1 is 0.837 bits per heavy atom. The van der Waals surface area contributed by atoms with Gasteiger partial charge in [0.2, 0.25) is 5.91 Å². The lowest BCUT2D eigenvalue weighted by Gasteiger charge is -2.21. The molecule has 0 aromatic heterocycles. The molecule has 1 aliphatic carbocycles. The number of carboxylic acids is 2. The zero-order valence-electron chi connectivity index (χ0n) is 22.6. The Morgan fingerprint density at radius 3 is 2.02 bits per heavy atom. The minimum Gasteiger partial charge on any atom is -0.480 e. The van der Waals surface area contributed by atoms with Crippen LogP contribution >= 0.6 is 0 Å². The molecule has 0 spiro atoms. The van der Waals surface area contributed by atoms with Gasteiger partial charge in [-0.1, -0.05) is 36.4 Å². The molecule has 0 heterocycles. The standard InChI is InChI=1S/C17H17N3O4.C10H11NO.C2HF3O2/c18-10-12-5-4-8-14(9-12)20(11-15(21)22)17(24)19-16(23)13-6-2-1-3-7-13;11-10(12)9-5-4-7-2-1-3-8(7)6-9;3-2(4,5)1(6)7/h1-9H,10-11,18H2,(H,21,22)(H,19,23,24);4-6H,1-3H2,(H2,11,12);(H,6,7). The fourth-order valence-electron chi connectivity index (χ4n) is 3.82. The van der Waals surface area contributed by atoms with Gasteiger partial charge in [0, 0.05) is 23.4 Å². The van der Waals surface area contributed by atoms with E-state index in [1.807, 2.05) is 18.2 Å². The van der Waals surface area contributed by atoms with Gasteiger partial charge < -0.3 is 21.7 Å². The summed E-state index contributed by atoms with van der Waals surface area (Å²) in [7, 11) is 0. The van der Waals surface area contributed by atoms with Crippen molar-refractivity contribution in [1.29, 1.82) is 0 Å². The Bertz CT molecular complexity index is 1460. The predicted molar refractivity (Wildman–Crippen MR) is 149 cm³/mol. The van der Waals surface area contributed by atoms with Crippen molar-refractivity contribution in [3.63, 3.8) is 0 Å². The molecule has 14 heteroatoms. The zero-order chi connectivity index (χ0) is 32.2. The second-order valence-electron chi connectivity index (χ2n) is 8.98. The van der Waals surface area contributed by atoms with Crippen molar-refractivity contribution in [2.24, 2.45) is 11.5 Å². The number of nitrogens with two attached hydrogens (primary N) is 2. The van der Waals surface area contributed by atoms with Crippen molar-refractivity contribution >= 4 is 35.5 Å². The summed E-state index contributed by atoms with van der Waals surface area (Å²) in [5.41, 5.74) is 15.4. The van der Waals surface area contributed by atoms with Crippen LogP contribution in [0.3, 0.4) is 0 Å². The Balaban J connectivity index is 0.000000279. The molecule has 0 radical (unpaired) electrons. The van der Waals surface area contributed by atoms with Crippen LogP contribution in [0.25, 0.3) is 0 Å². The predicted octanol–water partition coefficient (Wildman–Crippen LogP) is 3.49. The van der Waals surface area contributed by atoms with Crippen LogP contribution in [0.15, 0.2) is 72.8 Å². The summed E-state index contributed by atoms with van der Waals surface area (Å²) in [6.07, 6.45) is -1.64. The molecule has 43 heavy (non-hydrogen) atoms. The van der Waals surface area contributed by atoms with Gasteiger partial charge in [-0.2, -0.15) is 13.2 Å². The number of nitrogens with zero attached hydrogens (tertiary/aromatic N) is 1. The fraction of sp³-hybridized carbons (Fsp3) is 0.207. The van der Waals surface area contributed by atoms with Crippen LogP contribution in [-0.2, 0) is 29.0 Å². The van der Waals surface area contributed by atoms with Gasteiger partial charge in [0.1, 0.15) is 6.54 Å². The van der Waals surface area contributed by atoms with Gasteiger partial charge in [-0.3, -0.25) is 24.6 Å². The number of carbonyl (C=O) groups excluding carboxylic acids is 3. The van der Waals surface area contributed by atoms with E-state index in [9.17, 15) is 32.3 Å². The molecule has 0 aliphatic heterocycles. The topological polar surface area (TPSA) is 193 Å². The highest BCUT2D eigenvalue weighted by molar-refractivity contribution is 6.09. The molecule has 7 N–H and O–H groups in total. The Labute approximate surface area is 243 Å². The van der Waals surface area contributed by atoms with Crippen molar-refractivity contribution in [2.45, 2.75) is 32.0 Å². The van der Waals surface area contributed by atoms with Gasteiger partial charge >= 0.3 is 24.1 Å². The van der Waals surface area contributed by atoms with E-state index >= 15 is 0 Å². The number of fused-ring (bicyclic) bond motifs is 1. The van der Waals surface area contributed by atoms with Crippen molar-refractivity contribution < 1.29 is 47.4 Å². The first-order valence-electron chi connectivity index (χ1n) is 12.6. The fourth-order valence-corrected chi connectivity index (χ4v) is 3.82. The smallest absolute Gasteiger partial charge is 0.480 e. The maximum Gasteiger partial charge on any atom is 0.490 e. The molecule has 0 bridgehead atoms. The van der Waals surface area contributed by atoms with Gasteiger partial charge in [0.05, 0.1) is 0 Å². The Kier molecular flexibility index (Phi) is 12.4. The highest BCUT2D eigenvalue weighted by Gasteiger charge is 2.38. The number of benzene rings is 3. The van der Waals surface area contributed by atoms with Crippen LogP contribution in [0.4, 0.5) is 23.7 Å². The summed E-state index contributed by atoms with van der Waals surface area (Å²) in [4.78, 5) is 56.2. The summed E-state index contributed by atoms with van der Waals surface area (Å²) >= 11 is 0. The number of anilines is 1. The lowest BCUT2D eigenvalue weighted by Crippen LogP contribution is -2.45. The van der Waals surface area contributed by atoms with Gasteiger partial charge in [-0.15, -0.1) is 0 Å². The third-order valence-corrected chi connectivity index (χ3v) is 5.88. The maximum absolute atomic E-state index is 12.4. The number of urea groups is 1. The SMILES string of the molecule is NC(=O)c1ccc2c(c1)CCC2.NCc1cccc(N(CC(=O)O)C(=O)NC(=O)c2ccccc2)c1.O=C(O)C(F)(F)F. The second kappa shape index (κ2) is 15.7. The molecule has 228 valence electrons. The normalized spacial score (nSPS) is 11.4. The lowest BCUT2D eigenvalue weighted by molar-refractivity contribution is -0.192. The van der Waals surface area contributed by atoms with E-state index in [1.165, 1.54) is 17.5 Å². The van der Waals surface area contributed by atoms with Crippen LogP contribution in [0, 0.1) is 0 Å². The number of hydrogen-bond acceptors (Lipinski definition) is 6. The minimum atomic E-state index is -5.08. The number of rotatable bonds is 6. The summed E-state index contributed by atoms with van der Waals surface area (Å²) in [5.74, 6) is -4.89. The molecule has 0 atom stereocenters. The average molecular weight is 603 g/mol. The molecule has 11 nitrogen and oxygen atoms in total. The quantitative estimate of drug-likeness (QED) is 0.283. The number of carbonyl (C=O) groups is 5. The molecule has 0 saturated carbocycles. The van der Waals surface area contributed by atoms with Crippen LogP contribution in [0.2, 0.25) is 0 Å². The summed E-state index contributed by atoms with van der Waals surface area (Å²) in [5, 5.41) is 18.4. The van der Waals surface area contributed by atoms with Gasteiger partial charge in [0.25, 0.3) is 5.91 Å². The lowest BCUT2D eigenvalue weighted by atomic mass is 10.1. The number of nitrogens with one attached hydrogen (secondary N) is 1. The second-order valence-corrected chi connectivity index (χ2v) is 8.98. The summed E-state index contributed by atoms with van der Waals surface area (Å²) in [6.45, 7) is -0.332. The first-order chi connectivity index (χ1) is 20.2. The first-order valence-corrected chi connectivity index (χ1v) is 12.6. The van der Waals surface area contributed by atoms with E-state index in [0.717, 1.165) is 23.3 Å². The molecule has 0 unspecified atom stereocenters. The van der Waals surface area contributed by atoms with Gasteiger partial charge in [-0.25, -0.2) is 9.59 Å². The Hall–Kier alpha value is -5.24.